The summed E-state index contributed by atoms with van der Waals surface area (Å²) in [6, 6.07) is 8.60. The molecule has 0 bridgehead atoms. The van der Waals surface area contributed by atoms with Gasteiger partial charge in [0.05, 0.1) is 6.04 Å². The van der Waals surface area contributed by atoms with Gasteiger partial charge in [0.2, 0.25) is 0 Å². The van der Waals surface area contributed by atoms with E-state index in [-0.39, 0.29) is 12.1 Å². The summed E-state index contributed by atoms with van der Waals surface area (Å²) in [5.41, 5.74) is 1.91. The summed E-state index contributed by atoms with van der Waals surface area (Å²) in [5, 5.41) is 0. The molecular weight excluding hydrogens is 276 g/mol. The van der Waals surface area contributed by atoms with E-state index in [1.54, 1.807) is 0 Å². The molecule has 0 radical (unpaired) electrons. The minimum Gasteiger partial charge on any atom is -0.444 e. The van der Waals surface area contributed by atoms with Crippen LogP contribution in [0.25, 0.3) is 0 Å². The molecule has 22 heavy (non-hydrogen) atoms. The Bertz CT molecular complexity index is 503. The van der Waals surface area contributed by atoms with Crippen LogP contribution in [-0.4, -0.2) is 37.2 Å². The zero-order valence-electron chi connectivity index (χ0n) is 14.4. The topological polar surface area (TPSA) is 32.8 Å². The molecule has 1 heterocycles. The van der Waals surface area contributed by atoms with Crippen molar-refractivity contribution in [2.75, 3.05) is 25.5 Å². The lowest BCUT2D eigenvalue weighted by atomic mass is 9.95. The van der Waals surface area contributed by atoms with Crippen molar-refractivity contribution in [3.63, 3.8) is 0 Å². The first kappa shape index (κ1) is 16.7. The average Bonchev–Trinajstić information content (AvgIpc) is 2.45. The van der Waals surface area contributed by atoms with Crippen LogP contribution in [0.2, 0.25) is 0 Å². The van der Waals surface area contributed by atoms with Gasteiger partial charge in [0.1, 0.15) is 5.60 Å². The fraction of sp³-hybridized carbons (Fsp3) is 0.611. The van der Waals surface area contributed by atoms with Crippen LogP contribution >= 0.6 is 0 Å². The van der Waals surface area contributed by atoms with Crippen LogP contribution in [-0.2, 0) is 4.74 Å². The number of hydrogen-bond donors (Lipinski definition) is 0. The van der Waals surface area contributed by atoms with Crippen LogP contribution in [0.1, 0.15) is 51.6 Å². The van der Waals surface area contributed by atoms with E-state index in [1.165, 1.54) is 11.3 Å². The molecule has 0 spiro atoms. The van der Waals surface area contributed by atoms with Gasteiger partial charge in [-0.25, -0.2) is 4.79 Å². The summed E-state index contributed by atoms with van der Waals surface area (Å²) in [7, 11) is 4.06. The quantitative estimate of drug-likeness (QED) is 0.820. The van der Waals surface area contributed by atoms with Gasteiger partial charge in [0.15, 0.2) is 0 Å². The first-order valence-electron chi connectivity index (χ1n) is 8.05. The fourth-order valence-electron chi connectivity index (χ4n) is 2.81. The zero-order valence-corrected chi connectivity index (χ0v) is 14.4. The Hall–Kier alpha value is -1.71. The van der Waals surface area contributed by atoms with Crippen LogP contribution in [0.4, 0.5) is 10.5 Å². The monoisotopic (exact) mass is 304 g/mol. The van der Waals surface area contributed by atoms with Crippen molar-refractivity contribution >= 4 is 11.8 Å². The van der Waals surface area contributed by atoms with Gasteiger partial charge in [0, 0.05) is 26.3 Å². The normalized spacial score (nSPS) is 19.0. The highest BCUT2D eigenvalue weighted by Crippen LogP contribution is 2.32. The molecule has 1 saturated heterocycles. The van der Waals surface area contributed by atoms with E-state index in [2.05, 4.69) is 29.2 Å². The molecule has 1 atom stereocenters. The molecule has 0 aromatic heterocycles. The number of carbonyl (C=O) groups is 1. The van der Waals surface area contributed by atoms with Crippen molar-refractivity contribution in [2.45, 2.75) is 51.7 Å². The Morgan fingerprint density at radius 2 is 1.82 bits per heavy atom. The first-order valence-corrected chi connectivity index (χ1v) is 8.05. The third kappa shape index (κ3) is 4.15. The van der Waals surface area contributed by atoms with Gasteiger partial charge in [0.25, 0.3) is 0 Å². The predicted octanol–water partition coefficient (Wildman–Crippen LogP) is 4.21. The number of piperidine rings is 1. The zero-order chi connectivity index (χ0) is 16.3. The summed E-state index contributed by atoms with van der Waals surface area (Å²) >= 11 is 0. The number of likely N-dealkylation sites (tertiary alicyclic amines) is 1. The van der Waals surface area contributed by atoms with Gasteiger partial charge < -0.3 is 14.5 Å². The Morgan fingerprint density at radius 3 is 2.36 bits per heavy atom. The van der Waals surface area contributed by atoms with Gasteiger partial charge in [-0.15, -0.1) is 0 Å². The molecule has 1 aliphatic rings. The number of rotatable bonds is 2. The Morgan fingerprint density at radius 1 is 1.18 bits per heavy atom. The number of amides is 1. The van der Waals surface area contributed by atoms with E-state index in [0.29, 0.717) is 0 Å². The highest BCUT2D eigenvalue weighted by Gasteiger charge is 2.31. The summed E-state index contributed by atoms with van der Waals surface area (Å²) < 4.78 is 5.57. The lowest BCUT2D eigenvalue weighted by Gasteiger charge is -2.37. The smallest absolute Gasteiger partial charge is 0.410 e. The fourth-order valence-corrected chi connectivity index (χ4v) is 2.81. The minimum absolute atomic E-state index is 0.125. The van der Waals surface area contributed by atoms with Gasteiger partial charge in [-0.3, -0.25) is 0 Å². The van der Waals surface area contributed by atoms with Crippen molar-refractivity contribution in [1.82, 2.24) is 4.90 Å². The predicted molar refractivity (Wildman–Crippen MR) is 90.3 cm³/mol. The molecule has 1 fully saturated rings. The molecule has 122 valence electrons. The van der Waals surface area contributed by atoms with Gasteiger partial charge in [-0.05, 0) is 57.7 Å². The third-order valence-corrected chi connectivity index (χ3v) is 3.93. The van der Waals surface area contributed by atoms with Crippen molar-refractivity contribution < 1.29 is 9.53 Å². The first-order chi connectivity index (χ1) is 10.3. The van der Waals surface area contributed by atoms with Crippen molar-refractivity contribution in [3.8, 4) is 0 Å². The molecule has 1 aromatic carbocycles. The number of benzene rings is 1. The molecular formula is C18H28N2O2. The molecule has 0 N–H and O–H groups in total. The second kappa shape index (κ2) is 6.59. The summed E-state index contributed by atoms with van der Waals surface area (Å²) in [5.74, 6) is 0. The maximum atomic E-state index is 12.5. The molecule has 2 rings (SSSR count). The molecule has 1 aliphatic heterocycles. The van der Waals surface area contributed by atoms with Crippen LogP contribution in [0.5, 0.6) is 0 Å². The Kier molecular flexibility index (Phi) is 4.99. The molecule has 0 saturated carbocycles. The van der Waals surface area contributed by atoms with Crippen LogP contribution in [0, 0.1) is 0 Å². The summed E-state index contributed by atoms with van der Waals surface area (Å²) in [4.78, 5) is 16.4. The van der Waals surface area contributed by atoms with E-state index in [4.69, 9.17) is 4.74 Å². The van der Waals surface area contributed by atoms with Crippen LogP contribution < -0.4 is 4.90 Å². The van der Waals surface area contributed by atoms with E-state index < -0.39 is 5.60 Å². The lowest BCUT2D eigenvalue weighted by Crippen LogP contribution is -2.41. The molecule has 0 aliphatic carbocycles. The Labute approximate surface area is 134 Å². The maximum absolute atomic E-state index is 12.5. The number of ether oxygens (including phenoxy) is 1. The SMILES string of the molecule is CN(C)c1ccc(C2CCCCN2C(=O)OC(C)(C)C)cc1. The largest absolute Gasteiger partial charge is 0.444 e. The minimum atomic E-state index is -0.451. The van der Waals surface area contributed by atoms with Gasteiger partial charge in [-0.1, -0.05) is 12.1 Å². The molecule has 1 aromatic rings. The van der Waals surface area contributed by atoms with E-state index in [9.17, 15) is 4.79 Å². The van der Waals surface area contributed by atoms with Crippen molar-refractivity contribution in [1.29, 1.82) is 0 Å². The highest BCUT2D eigenvalue weighted by molar-refractivity contribution is 5.69. The number of anilines is 1. The summed E-state index contributed by atoms with van der Waals surface area (Å²) in [6.07, 6.45) is 3.00. The average molecular weight is 304 g/mol. The van der Waals surface area contributed by atoms with Crippen LogP contribution in [0.3, 0.4) is 0 Å². The second-order valence-electron chi connectivity index (χ2n) is 7.17. The molecule has 1 amide bonds. The maximum Gasteiger partial charge on any atom is 0.410 e. The van der Waals surface area contributed by atoms with Gasteiger partial charge >= 0.3 is 6.09 Å². The van der Waals surface area contributed by atoms with Gasteiger partial charge in [-0.2, -0.15) is 0 Å². The lowest BCUT2D eigenvalue weighted by molar-refractivity contribution is 0.00952. The number of hydrogen-bond acceptors (Lipinski definition) is 3. The number of nitrogens with zero attached hydrogens (tertiary/aromatic N) is 2. The van der Waals surface area contributed by atoms with Crippen molar-refractivity contribution in [3.05, 3.63) is 29.8 Å². The molecule has 4 nitrogen and oxygen atoms in total. The summed E-state index contributed by atoms with van der Waals surface area (Å²) in [6.45, 7) is 6.51. The Balaban J connectivity index is 2.17. The second-order valence-corrected chi connectivity index (χ2v) is 7.17. The molecule has 4 heteroatoms. The standard InChI is InChI=1S/C18H28N2O2/c1-18(2,3)22-17(21)20-13-7-6-8-16(20)14-9-11-15(12-10-14)19(4)5/h9-12,16H,6-8,13H2,1-5H3. The van der Waals surface area contributed by atoms with E-state index in [0.717, 1.165) is 25.8 Å². The number of carbonyl (C=O) groups excluding carboxylic acids is 1. The van der Waals surface area contributed by atoms with Crippen LogP contribution in [0.15, 0.2) is 24.3 Å². The highest BCUT2D eigenvalue weighted by atomic mass is 16.6. The van der Waals surface area contributed by atoms with E-state index >= 15 is 0 Å². The third-order valence-electron chi connectivity index (χ3n) is 3.93. The van der Waals surface area contributed by atoms with E-state index in [1.807, 2.05) is 39.8 Å². The van der Waals surface area contributed by atoms with Crippen molar-refractivity contribution in [2.24, 2.45) is 0 Å². The molecule has 1 unspecified atom stereocenters.